The number of ether oxygens (including phenoxy) is 2. The third-order valence-electron chi connectivity index (χ3n) is 5.63. The van der Waals surface area contributed by atoms with Gasteiger partial charge in [0.1, 0.15) is 17.1 Å². The smallest absolute Gasteiger partial charge is 0.191 e. The number of rotatable bonds is 8. The van der Waals surface area contributed by atoms with Crippen molar-refractivity contribution in [2.75, 3.05) is 45.3 Å². The van der Waals surface area contributed by atoms with Crippen LogP contribution >= 0.6 is 0 Å². The minimum Gasteiger partial charge on any atom is -0.497 e. The molecule has 1 saturated heterocycles. The Morgan fingerprint density at radius 1 is 1.19 bits per heavy atom. The number of fused-ring (bicyclic) bond motifs is 1. The zero-order valence-corrected chi connectivity index (χ0v) is 19.0. The molecule has 1 aliphatic heterocycles. The predicted octanol–water partition coefficient (Wildman–Crippen LogP) is 2.73. The van der Waals surface area contributed by atoms with Crippen molar-refractivity contribution in [3.8, 4) is 11.5 Å². The Labute approximate surface area is 189 Å². The van der Waals surface area contributed by atoms with E-state index < -0.39 is 0 Å². The summed E-state index contributed by atoms with van der Waals surface area (Å²) in [5, 5.41) is 6.96. The first kappa shape index (κ1) is 21.8. The van der Waals surface area contributed by atoms with Crippen LogP contribution in [-0.2, 0) is 6.42 Å². The second-order valence-corrected chi connectivity index (χ2v) is 7.86. The lowest BCUT2D eigenvalue weighted by molar-refractivity contribution is 0.394. The highest BCUT2D eigenvalue weighted by atomic mass is 16.5. The van der Waals surface area contributed by atoms with Crippen LogP contribution in [0.1, 0.15) is 19.0 Å². The summed E-state index contributed by atoms with van der Waals surface area (Å²) >= 11 is 0. The van der Waals surface area contributed by atoms with E-state index in [4.69, 9.17) is 14.5 Å². The van der Waals surface area contributed by atoms with Crippen LogP contribution in [0.25, 0.3) is 5.65 Å². The van der Waals surface area contributed by atoms with Crippen molar-refractivity contribution in [3.63, 3.8) is 0 Å². The van der Waals surface area contributed by atoms with Crippen LogP contribution in [0.5, 0.6) is 11.5 Å². The molecule has 8 nitrogen and oxygen atoms in total. The van der Waals surface area contributed by atoms with Gasteiger partial charge in [0.2, 0.25) is 0 Å². The minimum atomic E-state index is 0.320. The predicted molar refractivity (Wildman–Crippen MR) is 128 cm³/mol. The van der Waals surface area contributed by atoms with E-state index in [1.54, 1.807) is 14.2 Å². The van der Waals surface area contributed by atoms with Crippen LogP contribution in [-0.4, -0.2) is 61.8 Å². The molecule has 32 heavy (non-hydrogen) atoms. The quantitative estimate of drug-likeness (QED) is 0.418. The van der Waals surface area contributed by atoms with E-state index >= 15 is 0 Å². The van der Waals surface area contributed by atoms with Crippen molar-refractivity contribution < 1.29 is 9.47 Å². The van der Waals surface area contributed by atoms with Gasteiger partial charge in [0.25, 0.3) is 0 Å². The van der Waals surface area contributed by atoms with E-state index in [0.29, 0.717) is 12.6 Å². The molecule has 3 aromatic rings. The van der Waals surface area contributed by atoms with Gasteiger partial charge in [-0.3, -0.25) is 4.99 Å². The van der Waals surface area contributed by atoms with Gasteiger partial charge >= 0.3 is 0 Å². The number of imidazole rings is 1. The normalized spacial score (nSPS) is 16.4. The van der Waals surface area contributed by atoms with Crippen LogP contribution in [0.2, 0.25) is 0 Å². The second-order valence-electron chi connectivity index (χ2n) is 7.86. The summed E-state index contributed by atoms with van der Waals surface area (Å²) in [5.41, 5.74) is 3.13. The maximum atomic E-state index is 5.42. The highest BCUT2D eigenvalue weighted by Crippen LogP contribution is 2.30. The molecule has 1 aromatic carbocycles. The molecule has 170 valence electrons. The Hall–Kier alpha value is -3.42. The largest absolute Gasteiger partial charge is 0.497 e. The van der Waals surface area contributed by atoms with E-state index in [1.807, 2.05) is 34.9 Å². The maximum Gasteiger partial charge on any atom is 0.191 e. The van der Waals surface area contributed by atoms with Gasteiger partial charge in [-0.05, 0) is 25.5 Å². The molecule has 4 rings (SSSR count). The average Bonchev–Trinajstić information content (AvgIpc) is 3.45. The molecule has 2 N–H and O–H groups in total. The molecule has 0 spiro atoms. The number of aliphatic imine (C=N–C) groups is 1. The summed E-state index contributed by atoms with van der Waals surface area (Å²) in [5.74, 6) is 2.46. The summed E-state index contributed by atoms with van der Waals surface area (Å²) in [4.78, 5) is 11.8. The van der Waals surface area contributed by atoms with Gasteiger partial charge in [-0.1, -0.05) is 6.07 Å². The number of guanidine groups is 1. The highest BCUT2D eigenvalue weighted by molar-refractivity contribution is 5.80. The summed E-state index contributed by atoms with van der Waals surface area (Å²) < 4.78 is 12.9. The van der Waals surface area contributed by atoms with Gasteiger partial charge < -0.3 is 29.4 Å². The summed E-state index contributed by atoms with van der Waals surface area (Å²) in [6, 6.07) is 12.4. The number of nitrogens with zero attached hydrogens (tertiary/aromatic N) is 4. The van der Waals surface area contributed by atoms with E-state index in [1.165, 1.54) is 0 Å². The lowest BCUT2D eigenvalue weighted by Crippen LogP contribution is -2.44. The standard InChI is InChI=1S/C24H32N6O2/c1-4-25-24(26-10-8-18-17-30-11-6-5-7-23(30)27-18)28-19-9-12-29(16-19)20-13-21(31-2)15-22(14-20)32-3/h5-7,11,13-15,17,19H,4,8-10,12,16H2,1-3H3,(H2,25,26,28). The van der Waals surface area contributed by atoms with Crippen molar-refractivity contribution >= 4 is 17.3 Å². The summed E-state index contributed by atoms with van der Waals surface area (Å²) in [6.45, 7) is 5.46. The SMILES string of the molecule is CCNC(=NCCc1cn2ccccc2n1)NC1CCN(c2cc(OC)cc(OC)c2)C1. The van der Waals surface area contributed by atoms with Crippen LogP contribution in [0.15, 0.2) is 53.8 Å². The fraction of sp³-hybridized carbons (Fsp3) is 0.417. The second kappa shape index (κ2) is 10.3. The van der Waals surface area contributed by atoms with Gasteiger partial charge in [-0.25, -0.2) is 4.98 Å². The molecular weight excluding hydrogens is 404 g/mol. The summed E-state index contributed by atoms with van der Waals surface area (Å²) in [7, 11) is 3.36. The first-order chi connectivity index (χ1) is 15.7. The zero-order valence-electron chi connectivity index (χ0n) is 19.0. The van der Waals surface area contributed by atoms with E-state index in [0.717, 1.165) is 67.0 Å². The van der Waals surface area contributed by atoms with Crippen molar-refractivity contribution in [2.45, 2.75) is 25.8 Å². The molecule has 2 aromatic heterocycles. The van der Waals surface area contributed by atoms with Gasteiger partial charge in [-0.2, -0.15) is 0 Å². The maximum absolute atomic E-state index is 5.42. The molecule has 1 fully saturated rings. The molecule has 3 heterocycles. The number of hydrogen-bond donors (Lipinski definition) is 2. The van der Waals surface area contributed by atoms with Gasteiger partial charge in [0.15, 0.2) is 5.96 Å². The summed E-state index contributed by atoms with van der Waals surface area (Å²) in [6.07, 6.45) is 5.93. The van der Waals surface area contributed by atoms with E-state index in [-0.39, 0.29) is 0 Å². The Morgan fingerprint density at radius 3 is 2.72 bits per heavy atom. The lowest BCUT2D eigenvalue weighted by Gasteiger charge is -2.21. The molecule has 0 amide bonds. The van der Waals surface area contributed by atoms with Crippen LogP contribution in [0.3, 0.4) is 0 Å². The molecule has 0 radical (unpaired) electrons. The molecule has 0 aliphatic carbocycles. The Bertz CT molecular complexity index is 1010. The third-order valence-corrected chi connectivity index (χ3v) is 5.63. The molecule has 0 bridgehead atoms. The van der Waals surface area contributed by atoms with E-state index in [2.05, 4.69) is 45.8 Å². The number of benzene rings is 1. The van der Waals surface area contributed by atoms with Crippen LogP contribution in [0.4, 0.5) is 5.69 Å². The minimum absolute atomic E-state index is 0.320. The van der Waals surface area contributed by atoms with Crippen LogP contribution < -0.4 is 25.0 Å². The molecule has 1 unspecified atom stereocenters. The van der Waals surface area contributed by atoms with Crippen molar-refractivity contribution in [2.24, 2.45) is 4.99 Å². The number of hydrogen-bond acceptors (Lipinski definition) is 5. The number of methoxy groups -OCH3 is 2. The van der Waals surface area contributed by atoms with Gasteiger partial charge in [0.05, 0.1) is 19.9 Å². The lowest BCUT2D eigenvalue weighted by atomic mass is 10.2. The average molecular weight is 437 g/mol. The van der Waals surface area contributed by atoms with Gasteiger partial charge in [0, 0.05) is 74.9 Å². The molecule has 1 atom stereocenters. The molecule has 0 saturated carbocycles. The fourth-order valence-electron chi connectivity index (χ4n) is 3.99. The van der Waals surface area contributed by atoms with Crippen molar-refractivity contribution in [1.29, 1.82) is 0 Å². The number of pyridine rings is 1. The monoisotopic (exact) mass is 436 g/mol. The van der Waals surface area contributed by atoms with Gasteiger partial charge in [-0.15, -0.1) is 0 Å². The zero-order chi connectivity index (χ0) is 22.3. The molecular formula is C24H32N6O2. The number of aromatic nitrogens is 2. The highest BCUT2D eigenvalue weighted by Gasteiger charge is 2.24. The molecule has 1 aliphatic rings. The molecule has 8 heteroatoms. The Morgan fingerprint density at radius 2 is 2.00 bits per heavy atom. The first-order valence-corrected chi connectivity index (χ1v) is 11.1. The van der Waals surface area contributed by atoms with E-state index in [9.17, 15) is 0 Å². The van der Waals surface area contributed by atoms with Crippen molar-refractivity contribution in [3.05, 3.63) is 54.5 Å². The van der Waals surface area contributed by atoms with Crippen LogP contribution in [0, 0.1) is 0 Å². The first-order valence-electron chi connectivity index (χ1n) is 11.1. The third kappa shape index (κ3) is 5.25. The van der Waals surface area contributed by atoms with Crippen molar-refractivity contribution in [1.82, 2.24) is 20.0 Å². The Balaban J connectivity index is 1.35. The Kier molecular flexibility index (Phi) is 6.99. The number of anilines is 1. The topological polar surface area (TPSA) is 75.4 Å². The fourth-order valence-corrected chi connectivity index (χ4v) is 3.99. The number of nitrogens with one attached hydrogen (secondary N) is 2.